The fraction of sp³-hybridized carbons (Fsp3) is 0.407. The minimum Gasteiger partial charge on any atom is -0.492 e. The van der Waals surface area contributed by atoms with Crippen molar-refractivity contribution < 1.29 is 18.7 Å². The number of fused-ring (bicyclic) bond motifs is 1. The quantitative estimate of drug-likeness (QED) is 0.361. The van der Waals surface area contributed by atoms with Gasteiger partial charge < -0.3 is 25.4 Å². The Morgan fingerprint density at radius 2 is 1.92 bits per heavy atom. The molecule has 2 heterocycles. The number of benzene rings is 2. The van der Waals surface area contributed by atoms with Crippen LogP contribution < -0.4 is 20.7 Å². The first-order chi connectivity index (χ1) is 18.3. The van der Waals surface area contributed by atoms with Gasteiger partial charge in [0.15, 0.2) is 0 Å². The summed E-state index contributed by atoms with van der Waals surface area (Å²) in [6, 6.07) is 11.9. The van der Waals surface area contributed by atoms with E-state index in [1.807, 2.05) is 13.8 Å². The van der Waals surface area contributed by atoms with E-state index in [4.69, 9.17) is 14.7 Å². The van der Waals surface area contributed by atoms with Crippen LogP contribution in [0.4, 0.5) is 26.4 Å². The first-order valence-electron chi connectivity index (χ1n) is 12.5. The largest absolute Gasteiger partial charge is 0.492 e. The summed E-state index contributed by atoms with van der Waals surface area (Å²) in [5.41, 5.74) is 1.18. The third-order valence-electron chi connectivity index (χ3n) is 6.19. The van der Waals surface area contributed by atoms with Gasteiger partial charge in [-0.15, -0.1) is 0 Å². The van der Waals surface area contributed by atoms with Gasteiger partial charge in [0.1, 0.15) is 30.3 Å². The molecule has 0 radical (unpaired) electrons. The average molecular weight is 522 g/mol. The van der Waals surface area contributed by atoms with Crippen LogP contribution in [0.25, 0.3) is 10.9 Å². The zero-order valence-electron chi connectivity index (χ0n) is 21.6. The number of anilines is 3. The molecule has 38 heavy (non-hydrogen) atoms. The monoisotopic (exact) mass is 521 g/mol. The number of carbonyl (C=O) groups is 1. The van der Waals surface area contributed by atoms with Gasteiger partial charge in [-0.05, 0) is 44.5 Å². The van der Waals surface area contributed by atoms with Crippen molar-refractivity contribution in [1.82, 2.24) is 20.2 Å². The van der Waals surface area contributed by atoms with E-state index >= 15 is 4.39 Å². The maximum Gasteiger partial charge on any atom is 0.319 e. The van der Waals surface area contributed by atoms with Gasteiger partial charge in [0, 0.05) is 49.7 Å². The van der Waals surface area contributed by atoms with Crippen molar-refractivity contribution in [2.45, 2.75) is 20.3 Å². The normalized spacial score (nSPS) is 14.1. The highest BCUT2D eigenvalue weighted by Crippen LogP contribution is 2.29. The molecule has 1 fully saturated rings. The number of morpholine rings is 1. The number of nitrogens with one attached hydrogen (secondary N) is 3. The smallest absolute Gasteiger partial charge is 0.319 e. The van der Waals surface area contributed by atoms with Gasteiger partial charge >= 0.3 is 6.03 Å². The van der Waals surface area contributed by atoms with E-state index in [1.165, 1.54) is 12.4 Å². The van der Waals surface area contributed by atoms with Crippen molar-refractivity contribution in [3.63, 3.8) is 0 Å². The molecular formula is C27H32FN7O3. The number of ether oxygens (including phenoxy) is 2. The SMILES string of the molecule is CC(C)(C#N)CCNC(=O)Nc1ccc(Nc2ncnc3cc(OCCN4CCOCC4)cc(F)c23)cc1. The van der Waals surface area contributed by atoms with Crippen LogP contribution in [-0.2, 0) is 4.74 Å². The summed E-state index contributed by atoms with van der Waals surface area (Å²) in [4.78, 5) is 22.8. The van der Waals surface area contributed by atoms with Crippen molar-refractivity contribution in [2.24, 2.45) is 5.41 Å². The predicted molar refractivity (Wildman–Crippen MR) is 143 cm³/mol. The number of aromatic nitrogens is 2. The van der Waals surface area contributed by atoms with Crippen molar-refractivity contribution >= 4 is 34.1 Å². The van der Waals surface area contributed by atoms with Crippen LogP contribution in [0.2, 0.25) is 0 Å². The van der Waals surface area contributed by atoms with Crippen LogP contribution in [-0.4, -0.2) is 66.9 Å². The zero-order valence-corrected chi connectivity index (χ0v) is 21.6. The molecule has 0 spiro atoms. The molecule has 0 atom stereocenters. The Kier molecular flexibility index (Phi) is 8.89. The number of rotatable bonds is 10. The van der Waals surface area contributed by atoms with Crippen LogP contribution in [0.5, 0.6) is 5.75 Å². The van der Waals surface area contributed by atoms with Crippen LogP contribution in [0, 0.1) is 22.6 Å². The van der Waals surface area contributed by atoms with Crippen molar-refractivity contribution in [3.8, 4) is 11.8 Å². The molecule has 200 valence electrons. The number of urea groups is 1. The first-order valence-corrected chi connectivity index (χ1v) is 12.5. The van der Waals surface area contributed by atoms with Crippen LogP contribution in [0.3, 0.4) is 0 Å². The van der Waals surface area contributed by atoms with Gasteiger partial charge in [0.05, 0.1) is 35.6 Å². The number of hydrogen-bond donors (Lipinski definition) is 3. The Bertz CT molecular complexity index is 1290. The van der Waals surface area contributed by atoms with Gasteiger partial charge in [0.2, 0.25) is 0 Å². The molecule has 3 N–H and O–H groups in total. The second-order valence-electron chi connectivity index (χ2n) is 9.65. The molecular weight excluding hydrogens is 489 g/mol. The molecule has 1 aliphatic rings. The summed E-state index contributed by atoms with van der Waals surface area (Å²) in [6.45, 7) is 8.38. The van der Waals surface area contributed by atoms with Crippen LogP contribution in [0.15, 0.2) is 42.7 Å². The molecule has 11 heteroatoms. The highest BCUT2D eigenvalue weighted by molar-refractivity contribution is 5.92. The van der Waals surface area contributed by atoms with E-state index in [-0.39, 0.29) is 11.4 Å². The Hall–Kier alpha value is -4.01. The Balaban J connectivity index is 1.35. The molecule has 1 aromatic heterocycles. The molecule has 1 saturated heterocycles. The highest BCUT2D eigenvalue weighted by atomic mass is 19.1. The molecule has 0 saturated carbocycles. The lowest BCUT2D eigenvalue weighted by atomic mass is 9.92. The summed E-state index contributed by atoms with van der Waals surface area (Å²) in [5.74, 6) is 0.255. The molecule has 2 amide bonds. The Morgan fingerprint density at radius 3 is 2.66 bits per heavy atom. The van der Waals surface area contributed by atoms with E-state index in [2.05, 4.69) is 36.9 Å². The molecule has 4 rings (SSSR count). The molecule has 0 unspecified atom stereocenters. The second kappa shape index (κ2) is 12.5. The summed E-state index contributed by atoms with van der Waals surface area (Å²) in [5, 5.41) is 17.9. The summed E-state index contributed by atoms with van der Waals surface area (Å²) in [7, 11) is 0. The first kappa shape index (κ1) is 27.0. The van der Waals surface area contributed by atoms with Crippen LogP contribution in [0.1, 0.15) is 20.3 Å². The zero-order chi connectivity index (χ0) is 27.0. The maximum absolute atomic E-state index is 15.1. The Morgan fingerprint density at radius 1 is 1.18 bits per heavy atom. The molecule has 0 bridgehead atoms. The molecule has 2 aromatic carbocycles. The number of nitrogens with zero attached hydrogens (tertiary/aromatic N) is 4. The fourth-order valence-electron chi connectivity index (χ4n) is 3.91. The van der Waals surface area contributed by atoms with Crippen LogP contribution >= 0.6 is 0 Å². The molecule has 0 aliphatic carbocycles. The number of hydrogen-bond acceptors (Lipinski definition) is 8. The topological polar surface area (TPSA) is 124 Å². The molecule has 3 aromatic rings. The molecule has 1 aliphatic heterocycles. The number of carbonyl (C=O) groups excluding carboxylic acids is 1. The van der Waals surface area contributed by atoms with Gasteiger partial charge in [-0.3, -0.25) is 4.90 Å². The third kappa shape index (κ3) is 7.50. The number of halogens is 1. The second-order valence-corrected chi connectivity index (χ2v) is 9.65. The minimum absolute atomic E-state index is 0.259. The third-order valence-corrected chi connectivity index (χ3v) is 6.19. The number of nitriles is 1. The highest BCUT2D eigenvalue weighted by Gasteiger charge is 2.17. The van der Waals surface area contributed by atoms with E-state index in [0.29, 0.717) is 61.2 Å². The standard InChI is InChI=1S/C27H32FN7O3/c1-27(2,17-29)7-8-30-26(36)34-20-5-3-19(4-6-20)33-25-24-22(28)15-21(16-23(24)31-18-32-25)38-14-11-35-9-12-37-13-10-35/h3-6,15-16,18H,7-14H2,1-2H3,(H2,30,34,36)(H,31,32,33). The maximum atomic E-state index is 15.1. The van der Waals surface area contributed by atoms with Crippen molar-refractivity contribution in [3.05, 3.63) is 48.5 Å². The van der Waals surface area contributed by atoms with E-state index in [1.54, 1.807) is 30.3 Å². The van der Waals surface area contributed by atoms with Gasteiger partial charge in [-0.1, -0.05) is 0 Å². The lowest BCUT2D eigenvalue weighted by Gasteiger charge is -2.26. The van der Waals surface area contributed by atoms with Gasteiger partial charge in [0.25, 0.3) is 0 Å². The van der Waals surface area contributed by atoms with Crippen molar-refractivity contribution in [1.29, 1.82) is 5.26 Å². The van der Waals surface area contributed by atoms with E-state index < -0.39 is 11.2 Å². The van der Waals surface area contributed by atoms with E-state index in [0.717, 1.165) is 19.6 Å². The van der Waals surface area contributed by atoms with Gasteiger partial charge in [-0.2, -0.15) is 5.26 Å². The van der Waals surface area contributed by atoms with E-state index in [9.17, 15) is 4.79 Å². The fourth-order valence-corrected chi connectivity index (χ4v) is 3.91. The average Bonchev–Trinajstić information content (AvgIpc) is 2.90. The summed E-state index contributed by atoms with van der Waals surface area (Å²) >= 11 is 0. The minimum atomic E-state index is -0.497. The lowest BCUT2D eigenvalue weighted by molar-refractivity contribution is 0.0322. The number of amides is 2. The summed E-state index contributed by atoms with van der Waals surface area (Å²) in [6.07, 6.45) is 1.92. The predicted octanol–water partition coefficient (Wildman–Crippen LogP) is 4.28. The Labute approximate surface area is 221 Å². The van der Waals surface area contributed by atoms with Crippen molar-refractivity contribution in [2.75, 3.05) is 56.6 Å². The lowest BCUT2D eigenvalue weighted by Crippen LogP contribution is -2.38. The molecule has 10 nitrogen and oxygen atoms in total. The van der Waals surface area contributed by atoms with Gasteiger partial charge in [-0.25, -0.2) is 19.2 Å². The summed E-state index contributed by atoms with van der Waals surface area (Å²) < 4.78 is 26.2.